The maximum atomic E-state index is 14.3. The normalized spacial score (nSPS) is 15.0. The lowest BCUT2D eigenvalue weighted by molar-refractivity contribution is -0.137. The Hall–Kier alpha value is -9.17. The number of hydrogen-bond acceptors (Lipinski definition) is 2. The van der Waals surface area contributed by atoms with Gasteiger partial charge in [0.2, 0.25) is 0 Å². The lowest BCUT2D eigenvalue weighted by Gasteiger charge is -2.19. The third kappa shape index (κ3) is 7.15. The molecule has 0 atom stereocenters. The lowest BCUT2D eigenvalue weighted by atomic mass is 9.95. The highest BCUT2D eigenvalue weighted by atomic mass is 19.4. The maximum Gasteiger partial charge on any atom is 0.416 e. The number of hydrogen-bond donors (Lipinski definition) is 0. The van der Waals surface area contributed by atoms with E-state index in [0.29, 0.717) is 28.1 Å². The zero-order valence-corrected chi connectivity index (χ0v) is 37.5. The highest BCUT2D eigenvalue weighted by Crippen LogP contribution is 2.43. The molecule has 10 aromatic rings. The first-order valence-electron chi connectivity index (χ1n) is 23.1. The van der Waals surface area contributed by atoms with E-state index in [1.54, 1.807) is 0 Å². The first-order valence-corrected chi connectivity index (χ1v) is 23.1. The molecule has 0 saturated heterocycles. The van der Waals surface area contributed by atoms with E-state index in [-0.39, 0.29) is 5.56 Å². The molecule has 0 saturated carbocycles. The van der Waals surface area contributed by atoms with E-state index in [1.807, 2.05) is 72.8 Å². The summed E-state index contributed by atoms with van der Waals surface area (Å²) >= 11 is 0. The van der Waals surface area contributed by atoms with Crippen LogP contribution in [0.15, 0.2) is 212 Å². The average Bonchev–Trinajstić information content (AvgIpc) is 3.92. The molecule has 0 radical (unpaired) electrons. The van der Waals surface area contributed by atoms with Gasteiger partial charge >= 0.3 is 6.18 Å². The highest BCUT2D eigenvalue weighted by Gasteiger charge is 2.32. The Bertz CT molecular complexity index is 3970. The van der Waals surface area contributed by atoms with Crippen molar-refractivity contribution in [1.82, 2.24) is 9.13 Å². The number of aromatic nitrogens is 2. The van der Waals surface area contributed by atoms with Gasteiger partial charge in [-0.25, -0.2) is 0 Å². The fourth-order valence-electron chi connectivity index (χ4n) is 10.3. The monoisotopic (exact) mass is 908 g/mol. The minimum absolute atomic E-state index is 0.134. The third-order valence-electron chi connectivity index (χ3n) is 13.7. The van der Waals surface area contributed by atoms with Crippen molar-refractivity contribution in [3.8, 4) is 56.9 Å². The van der Waals surface area contributed by atoms with Crippen molar-refractivity contribution < 1.29 is 13.2 Å². The fraction of sp³-hybridized carbons (Fsp3) is 0.0476. The molecule has 0 aliphatic heterocycles. The van der Waals surface area contributed by atoms with Crippen LogP contribution in [0.25, 0.3) is 99.5 Å². The summed E-state index contributed by atoms with van der Waals surface area (Å²) in [5.74, 6) is 0. The van der Waals surface area contributed by atoms with Crippen molar-refractivity contribution in [2.45, 2.75) is 19.0 Å². The number of rotatable bonds is 5. The standard InChI is InChI=1S/C63H39F3N4/c64-63(65,66)50-25-30-51(49(31-50)38-67)48-36-61(69-57-32-44(40-13-5-1-6-14-40)21-26-52(57)53-27-22-45(33-58(53)69)41-15-7-2-8-16-41)56(39-68)62(37-48)70-59-34-46(42-17-9-3-10-18-42)23-28-54(59)55-29-24-47(35-60(55)70)43-19-11-4-12-20-43/h1-17,19,21-37H,18,20H2. The Labute approximate surface area is 401 Å². The summed E-state index contributed by atoms with van der Waals surface area (Å²) in [6.45, 7) is 0. The van der Waals surface area contributed by atoms with Gasteiger partial charge in [-0.2, -0.15) is 23.7 Å². The number of fused-ring (bicyclic) bond motifs is 6. The van der Waals surface area contributed by atoms with Crippen molar-refractivity contribution in [3.05, 3.63) is 240 Å². The van der Waals surface area contributed by atoms with E-state index < -0.39 is 11.7 Å². The van der Waals surface area contributed by atoms with E-state index in [0.717, 1.165) is 112 Å². The van der Waals surface area contributed by atoms with Crippen LogP contribution in [0.2, 0.25) is 0 Å². The number of nitrogens with zero attached hydrogens (tertiary/aromatic N) is 4. The number of halogens is 3. The minimum atomic E-state index is -4.66. The zero-order valence-electron chi connectivity index (χ0n) is 37.5. The highest BCUT2D eigenvalue weighted by molar-refractivity contribution is 6.12. The van der Waals surface area contributed by atoms with Crippen LogP contribution >= 0.6 is 0 Å². The minimum Gasteiger partial charge on any atom is -0.308 e. The predicted octanol–water partition coefficient (Wildman–Crippen LogP) is 15.0. The van der Waals surface area contributed by atoms with E-state index in [1.165, 1.54) is 6.07 Å². The van der Waals surface area contributed by atoms with Gasteiger partial charge < -0.3 is 9.13 Å². The van der Waals surface area contributed by atoms with Crippen molar-refractivity contribution >= 4 is 54.8 Å². The summed E-state index contributed by atoms with van der Waals surface area (Å²) in [6.07, 6.45) is 13.5. The summed E-state index contributed by atoms with van der Waals surface area (Å²) < 4.78 is 47.2. The molecule has 0 spiro atoms. The molecule has 0 fully saturated rings. The summed E-state index contributed by atoms with van der Waals surface area (Å²) in [5.41, 5.74) is 10.8. The largest absolute Gasteiger partial charge is 0.416 e. The quantitative estimate of drug-likeness (QED) is 0.173. The zero-order chi connectivity index (χ0) is 47.5. The molecular formula is C63H39F3N4. The summed E-state index contributed by atoms with van der Waals surface area (Å²) in [7, 11) is 0. The molecule has 2 aliphatic rings. The molecule has 0 bridgehead atoms. The smallest absolute Gasteiger partial charge is 0.308 e. The molecule has 0 N–H and O–H groups in total. The molecule has 2 aliphatic carbocycles. The fourth-order valence-corrected chi connectivity index (χ4v) is 10.3. The molecule has 0 unspecified atom stereocenters. The second-order valence-electron chi connectivity index (χ2n) is 17.7. The number of alkyl halides is 3. The van der Waals surface area contributed by atoms with Gasteiger partial charge in [0, 0.05) is 21.5 Å². The van der Waals surface area contributed by atoms with E-state index >= 15 is 0 Å². The van der Waals surface area contributed by atoms with E-state index in [2.05, 4.69) is 143 Å². The van der Waals surface area contributed by atoms with Crippen molar-refractivity contribution in [2.75, 3.05) is 0 Å². The molecule has 4 nitrogen and oxygen atoms in total. The SMILES string of the molecule is N#Cc1cc(C(F)(F)F)ccc1-c1cc(-n2c3cc(-c4ccccc4)ccc3c3ccc(-c4ccccc4)cc32)c(C#N)c(-n2c3cc(=C4C=CC=CC4)ccc3c3ccc(=C4C=CC=CC4)cc32)c1. The Morgan fingerprint density at radius 3 is 1.33 bits per heavy atom. The second kappa shape index (κ2) is 16.9. The Kier molecular flexibility index (Phi) is 10.2. The van der Waals surface area contributed by atoms with Crippen LogP contribution in [0.3, 0.4) is 0 Å². The van der Waals surface area contributed by atoms with Gasteiger partial charge in [-0.1, -0.05) is 164 Å². The Morgan fingerprint density at radius 1 is 0.429 bits per heavy atom. The molecular weight excluding hydrogens is 870 g/mol. The average molecular weight is 909 g/mol. The van der Waals surface area contributed by atoms with Crippen LogP contribution in [0.1, 0.15) is 29.5 Å². The van der Waals surface area contributed by atoms with Gasteiger partial charge in [0.1, 0.15) is 11.6 Å². The van der Waals surface area contributed by atoms with Crippen molar-refractivity contribution in [3.63, 3.8) is 0 Å². The first-order chi connectivity index (χ1) is 34.2. The van der Waals surface area contributed by atoms with Crippen LogP contribution in [-0.4, -0.2) is 9.13 Å². The van der Waals surface area contributed by atoms with Crippen LogP contribution in [-0.2, 0) is 6.18 Å². The van der Waals surface area contributed by atoms with Gasteiger partial charge in [-0.3, -0.25) is 0 Å². The molecule has 0 amide bonds. The van der Waals surface area contributed by atoms with Crippen LogP contribution in [0.5, 0.6) is 0 Å². The number of allylic oxidation sites excluding steroid dienone is 8. The maximum absolute atomic E-state index is 14.3. The Balaban J connectivity index is 1.26. The van der Waals surface area contributed by atoms with Crippen LogP contribution < -0.4 is 10.4 Å². The van der Waals surface area contributed by atoms with E-state index in [9.17, 15) is 23.7 Å². The molecule has 2 heterocycles. The van der Waals surface area contributed by atoms with Gasteiger partial charge in [0.25, 0.3) is 0 Å². The predicted molar refractivity (Wildman–Crippen MR) is 278 cm³/mol. The van der Waals surface area contributed by atoms with Gasteiger partial charge in [0.05, 0.1) is 50.6 Å². The van der Waals surface area contributed by atoms with Crippen LogP contribution in [0, 0.1) is 22.7 Å². The molecule has 2 aromatic heterocycles. The molecule has 7 heteroatoms. The topological polar surface area (TPSA) is 57.4 Å². The van der Waals surface area contributed by atoms with Crippen molar-refractivity contribution in [1.29, 1.82) is 10.5 Å². The van der Waals surface area contributed by atoms with Gasteiger partial charge in [-0.05, 0) is 116 Å². The summed E-state index contributed by atoms with van der Waals surface area (Å²) in [6, 6.07) is 57.7. The molecule has 8 aromatic carbocycles. The van der Waals surface area contributed by atoms with Gasteiger partial charge in [-0.15, -0.1) is 0 Å². The van der Waals surface area contributed by atoms with E-state index in [4.69, 9.17) is 0 Å². The molecule has 12 rings (SSSR count). The third-order valence-corrected chi connectivity index (χ3v) is 13.7. The molecule has 70 heavy (non-hydrogen) atoms. The second-order valence-corrected chi connectivity index (χ2v) is 17.7. The summed E-state index contributed by atoms with van der Waals surface area (Å²) in [4.78, 5) is 0. The Morgan fingerprint density at radius 2 is 0.900 bits per heavy atom. The molecule has 332 valence electrons. The van der Waals surface area contributed by atoms with Gasteiger partial charge in [0.15, 0.2) is 0 Å². The summed E-state index contributed by atoms with van der Waals surface area (Å²) in [5, 5.41) is 28.4. The van der Waals surface area contributed by atoms with Crippen molar-refractivity contribution in [2.24, 2.45) is 0 Å². The number of benzene rings is 8. The lowest BCUT2D eigenvalue weighted by Crippen LogP contribution is -2.10. The number of nitriles is 2. The first kappa shape index (κ1) is 42.2. The van der Waals surface area contributed by atoms with Crippen LogP contribution in [0.4, 0.5) is 13.2 Å².